The van der Waals surface area contributed by atoms with Gasteiger partial charge in [0.25, 0.3) is 5.91 Å². The van der Waals surface area contributed by atoms with Crippen molar-refractivity contribution in [3.05, 3.63) is 64.1 Å². The third kappa shape index (κ3) is 3.22. The third-order valence-electron chi connectivity index (χ3n) is 4.32. The van der Waals surface area contributed by atoms with Gasteiger partial charge in [-0.3, -0.25) is 9.59 Å². The molecule has 2 aromatic carbocycles. The van der Waals surface area contributed by atoms with Crippen LogP contribution in [0.4, 0.5) is 5.69 Å². The zero-order valence-corrected chi connectivity index (χ0v) is 15.3. The summed E-state index contributed by atoms with van der Waals surface area (Å²) in [6, 6.07) is 14.7. The minimum Gasteiger partial charge on any atom is -0.325 e. The molecule has 24 heavy (non-hydrogen) atoms. The Balaban J connectivity index is 1.79. The van der Waals surface area contributed by atoms with Gasteiger partial charge in [-0.25, -0.2) is 0 Å². The molecular weight excluding hydrogens is 368 g/mol. The van der Waals surface area contributed by atoms with Crippen molar-refractivity contribution in [1.82, 2.24) is 4.90 Å². The van der Waals surface area contributed by atoms with Crippen LogP contribution in [0.2, 0.25) is 0 Å². The highest BCUT2D eigenvalue weighted by molar-refractivity contribution is 9.10. The number of nitrogens with zero attached hydrogens (tertiary/aromatic N) is 2. The Morgan fingerprint density at radius 1 is 1.12 bits per heavy atom. The van der Waals surface area contributed by atoms with Gasteiger partial charge in [0.2, 0.25) is 5.91 Å². The van der Waals surface area contributed by atoms with E-state index in [0.29, 0.717) is 18.7 Å². The lowest BCUT2D eigenvalue weighted by Crippen LogP contribution is -2.57. The van der Waals surface area contributed by atoms with E-state index in [2.05, 4.69) is 15.9 Å². The summed E-state index contributed by atoms with van der Waals surface area (Å²) in [5, 5.41) is 0. The van der Waals surface area contributed by atoms with Gasteiger partial charge in [-0.1, -0.05) is 33.6 Å². The normalized spacial score (nSPS) is 18.0. The number of piperazine rings is 1. The second-order valence-corrected chi connectivity index (χ2v) is 6.93. The van der Waals surface area contributed by atoms with Gasteiger partial charge in [0.1, 0.15) is 6.04 Å². The van der Waals surface area contributed by atoms with Crippen LogP contribution in [-0.4, -0.2) is 35.8 Å². The summed E-state index contributed by atoms with van der Waals surface area (Å²) < 4.78 is 0.972. The van der Waals surface area contributed by atoms with Crippen LogP contribution in [0.15, 0.2) is 53.0 Å². The first kappa shape index (κ1) is 16.7. The summed E-state index contributed by atoms with van der Waals surface area (Å²) in [6.45, 7) is 4.77. The number of hydrogen-bond acceptors (Lipinski definition) is 2. The molecule has 0 N–H and O–H groups in total. The smallest absolute Gasteiger partial charge is 0.254 e. The van der Waals surface area contributed by atoms with Crippen molar-refractivity contribution in [3.63, 3.8) is 0 Å². The Bertz CT molecular complexity index is 773. The summed E-state index contributed by atoms with van der Waals surface area (Å²) in [6.07, 6.45) is 0. The predicted molar refractivity (Wildman–Crippen MR) is 98.2 cm³/mol. The van der Waals surface area contributed by atoms with E-state index in [-0.39, 0.29) is 11.8 Å². The minimum absolute atomic E-state index is 0.0513. The summed E-state index contributed by atoms with van der Waals surface area (Å²) in [5.74, 6) is -0.139. The SMILES string of the molecule is Cc1cccc(C(=O)N2CCN(c3ccc(Br)cc3)C(=O)[C@@H]2C)c1. The zero-order chi connectivity index (χ0) is 17.3. The maximum atomic E-state index is 12.7. The molecule has 124 valence electrons. The van der Waals surface area contributed by atoms with Crippen LogP contribution in [0.25, 0.3) is 0 Å². The highest BCUT2D eigenvalue weighted by Gasteiger charge is 2.35. The van der Waals surface area contributed by atoms with Crippen LogP contribution < -0.4 is 4.90 Å². The van der Waals surface area contributed by atoms with Crippen molar-refractivity contribution in [2.24, 2.45) is 0 Å². The number of anilines is 1. The fourth-order valence-electron chi connectivity index (χ4n) is 2.97. The van der Waals surface area contributed by atoms with E-state index in [0.717, 1.165) is 15.7 Å². The molecule has 0 aromatic heterocycles. The second-order valence-electron chi connectivity index (χ2n) is 6.01. The Labute approximate surface area is 150 Å². The van der Waals surface area contributed by atoms with Crippen molar-refractivity contribution >= 4 is 33.4 Å². The summed E-state index contributed by atoms with van der Waals surface area (Å²) in [7, 11) is 0. The fourth-order valence-corrected chi connectivity index (χ4v) is 3.23. The predicted octanol–water partition coefficient (Wildman–Crippen LogP) is 3.64. The van der Waals surface area contributed by atoms with E-state index in [1.807, 2.05) is 49.4 Å². The number of halogens is 1. The molecule has 4 nitrogen and oxygen atoms in total. The topological polar surface area (TPSA) is 40.6 Å². The lowest BCUT2D eigenvalue weighted by atomic mass is 10.1. The summed E-state index contributed by atoms with van der Waals surface area (Å²) in [5.41, 5.74) is 2.53. The molecule has 1 aliphatic rings. The van der Waals surface area contributed by atoms with E-state index in [1.165, 1.54) is 0 Å². The molecule has 0 spiro atoms. The molecule has 2 amide bonds. The van der Waals surface area contributed by atoms with Crippen molar-refractivity contribution in [3.8, 4) is 0 Å². The molecule has 3 rings (SSSR count). The van der Waals surface area contributed by atoms with E-state index < -0.39 is 6.04 Å². The standard InChI is InChI=1S/C19H19BrN2O2/c1-13-4-3-5-15(12-13)19(24)21-10-11-22(18(23)14(21)2)17-8-6-16(20)7-9-17/h3-9,12,14H,10-11H2,1-2H3/t14-/m0/s1. The highest BCUT2D eigenvalue weighted by Crippen LogP contribution is 2.23. The van der Waals surface area contributed by atoms with Gasteiger partial charge in [-0.2, -0.15) is 0 Å². The van der Waals surface area contributed by atoms with Crippen molar-refractivity contribution < 1.29 is 9.59 Å². The van der Waals surface area contributed by atoms with Crippen LogP contribution in [0.3, 0.4) is 0 Å². The number of amides is 2. The molecule has 0 aliphatic carbocycles. The van der Waals surface area contributed by atoms with Crippen molar-refractivity contribution in [1.29, 1.82) is 0 Å². The Kier molecular flexibility index (Phi) is 4.71. The van der Waals surface area contributed by atoms with Gasteiger partial charge in [0.15, 0.2) is 0 Å². The van der Waals surface area contributed by atoms with Gasteiger partial charge < -0.3 is 9.80 Å². The second kappa shape index (κ2) is 6.77. The zero-order valence-electron chi connectivity index (χ0n) is 13.7. The molecule has 0 unspecified atom stereocenters. The first-order valence-corrected chi connectivity index (χ1v) is 8.71. The maximum absolute atomic E-state index is 12.7. The molecule has 2 aromatic rings. The van der Waals surface area contributed by atoms with Gasteiger partial charge >= 0.3 is 0 Å². The van der Waals surface area contributed by atoms with Gasteiger partial charge in [0.05, 0.1) is 0 Å². The first-order chi connectivity index (χ1) is 11.5. The molecule has 5 heteroatoms. The van der Waals surface area contributed by atoms with Crippen molar-refractivity contribution in [2.45, 2.75) is 19.9 Å². The van der Waals surface area contributed by atoms with E-state index in [1.54, 1.807) is 22.8 Å². The van der Waals surface area contributed by atoms with Crippen molar-refractivity contribution in [2.75, 3.05) is 18.0 Å². The summed E-state index contributed by atoms with van der Waals surface area (Å²) in [4.78, 5) is 28.9. The number of rotatable bonds is 2. The molecule has 1 aliphatic heterocycles. The monoisotopic (exact) mass is 386 g/mol. The first-order valence-electron chi connectivity index (χ1n) is 7.92. The molecule has 0 bridgehead atoms. The highest BCUT2D eigenvalue weighted by atomic mass is 79.9. The molecule has 0 radical (unpaired) electrons. The Hall–Kier alpha value is -2.14. The Morgan fingerprint density at radius 2 is 1.83 bits per heavy atom. The average molecular weight is 387 g/mol. The molecule has 1 heterocycles. The molecule has 1 atom stereocenters. The molecule has 0 saturated carbocycles. The number of carbonyl (C=O) groups excluding carboxylic acids is 2. The molecule has 1 saturated heterocycles. The van der Waals surface area contributed by atoms with Crippen LogP contribution in [0, 0.1) is 6.92 Å². The van der Waals surface area contributed by atoms with Crippen LogP contribution in [0.1, 0.15) is 22.8 Å². The minimum atomic E-state index is -0.476. The van der Waals surface area contributed by atoms with E-state index >= 15 is 0 Å². The quantitative estimate of drug-likeness (QED) is 0.790. The largest absolute Gasteiger partial charge is 0.325 e. The number of aryl methyl sites for hydroxylation is 1. The number of benzene rings is 2. The number of hydrogen-bond donors (Lipinski definition) is 0. The fraction of sp³-hybridized carbons (Fsp3) is 0.263. The third-order valence-corrected chi connectivity index (χ3v) is 4.85. The lowest BCUT2D eigenvalue weighted by molar-refractivity contribution is -0.124. The van der Waals surface area contributed by atoms with Gasteiger partial charge in [-0.15, -0.1) is 0 Å². The lowest BCUT2D eigenvalue weighted by Gasteiger charge is -2.39. The van der Waals surface area contributed by atoms with E-state index in [9.17, 15) is 9.59 Å². The van der Waals surface area contributed by atoms with Gasteiger partial charge in [-0.05, 0) is 50.2 Å². The molecular formula is C19H19BrN2O2. The maximum Gasteiger partial charge on any atom is 0.254 e. The summed E-state index contributed by atoms with van der Waals surface area (Å²) >= 11 is 3.40. The number of carbonyl (C=O) groups is 2. The average Bonchev–Trinajstić information content (AvgIpc) is 2.58. The van der Waals surface area contributed by atoms with Gasteiger partial charge in [0, 0.05) is 28.8 Å². The van der Waals surface area contributed by atoms with E-state index in [4.69, 9.17) is 0 Å². The van der Waals surface area contributed by atoms with Crippen LogP contribution in [-0.2, 0) is 4.79 Å². The van der Waals surface area contributed by atoms with Crippen LogP contribution >= 0.6 is 15.9 Å². The Morgan fingerprint density at radius 3 is 2.50 bits per heavy atom. The van der Waals surface area contributed by atoms with Crippen LogP contribution in [0.5, 0.6) is 0 Å². The molecule has 1 fully saturated rings.